The Morgan fingerprint density at radius 2 is 1.81 bits per heavy atom. The van der Waals surface area contributed by atoms with Gasteiger partial charge in [-0.3, -0.25) is 19.0 Å². The van der Waals surface area contributed by atoms with Gasteiger partial charge >= 0.3 is 23.9 Å². The second-order valence-corrected chi connectivity index (χ2v) is 6.77. The van der Waals surface area contributed by atoms with Crippen molar-refractivity contribution in [2.75, 3.05) is 6.61 Å². The summed E-state index contributed by atoms with van der Waals surface area (Å²) in [6.07, 6.45) is -3.38. The van der Waals surface area contributed by atoms with Crippen molar-refractivity contribution in [2.24, 2.45) is 0 Å². The van der Waals surface area contributed by atoms with Crippen LogP contribution in [0.1, 0.15) is 27.0 Å². The summed E-state index contributed by atoms with van der Waals surface area (Å²) in [5.74, 6) is -2.81. The predicted octanol–water partition coefficient (Wildman–Crippen LogP) is 0.712. The van der Waals surface area contributed by atoms with E-state index in [0.29, 0.717) is 0 Å². The van der Waals surface area contributed by atoms with Gasteiger partial charge in [-0.1, -0.05) is 4.98 Å². The third kappa shape index (κ3) is 4.69. The van der Waals surface area contributed by atoms with Gasteiger partial charge in [0.15, 0.2) is 24.0 Å². The Morgan fingerprint density at radius 3 is 2.39 bits per heavy atom. The van der Waals surface area contributed by atoms with E-state index in [1.807, 2.05) is 0 Å². The van der Waals surface area contributed by atoms with E-state index in [9.17, 15) is 24.5 Å². The van der Waals surface area contributed by atoms with Crippen molar-refractivity contribution < 1.29 is 38.3 Å². The van der Waals surface area contributed by atoms with Crippen molar-refractivity contribution >= 4 is 46.6 Å². The minimum Gasteiger partial charge on any atom is -0.463 e. The SMILES string of the molecule is CC(=O)OC[C@H]1O[C@@H](n2cnc3c(Cl)nc([N+](=O)[O-])nc32)C(OC(C)=O)[C@H]1OC(C)=O. The number of carbonyl (C=O) groups excluding carboxylic acids is 3. The number of rotatable bonds is 6. The predicted molar refractivity (Wildman–Crippen MR) is 98.6 cm³/mol. The fraction of sp³-hybridized carbons (Fsp3) is 0.500. The zero-order valence-electron chi connectivity index (χ0n) is 16.4. The van der Waals surface area contributed by atoms with Crippen LogP contribution in [-0.4, -0.2) is 67.3 Å². The first-order chi connectivity index (χ1) is 14.6. The summed E-state index contributed by atoms with van der Waals surface area (Å²) in [5, 5.41) is 10.8. The maximum atomic E-state index is 11.7. The number of nitrogens with zero attached hydrogens (tertiary/aromatic N) is 5. The highest BCUT2D eigenvalue weighted by Crippen LogP contribution is 2.36. The molecule has 0 aromatic carbocycles. The number of hydrogen-bond acceptors (Lipinski definition) is 12. The number of ether oxygens (including phenoxy) is 4. The van der Waals surface area contributed by atoms with E-state index in [-0.39, 0.29) is 22.9 Å². The van der Waals surface area contributed by atoms with E-state index >= 15 is 0 Å². The minimum atomic E-state index is -1.22. The van der Waals surface area contributed by atoms with Crippen molar-refractivity contribution in [3.8, 4) is 0 Å². The summed E-state index contributed by atoms with van der Waals surface area (Å²) in [5.41, 5.74) is -0.0477. The zero-order chi connectivity index (χ0) is 22.9. The summed E-state index contributed by atoms with van der Waals surface area (Å²) in [7, 11) is 0. The van der Waals surface area contributed by atoms with Crippen LogP contribution in [0.3, 0.4) is 0 Å². The smallest absolute Gasteiger partial charge is 0.463 e. The number of hydrogen-bond donors (Lipinski definition) is 0. The van der Waals surface area contributed by atoms with Gasteiger partial charge in [0.05, 0.1) is 0 Å². The molecule has 0 N–H and O–H groups in total. The maximum Gasteiger partial charge on any atom is 0.472 e. The van der Waals surface area contributed by atoms with Crippen molar-refractivity contribution in [1.29, 1.82) is 0 Å². The molecule has 3 heterocycles. The van der Waals surface area contributed by atoms with Gasteiger partial charge in [0, 0.05) is 20.8 Å². The molecule has 1 unspecified atom stereocenters. The molecule has 0 spiro atoms. The molecule has 2 aromatic rings. The van der Waals surface area contributed by atoms with Crippen LogP contribution < -0.4 is 0 Å². The van der Waals surface area contributed by atoms with Gasteiger partial charge in [-0.15, -0.1) is 0 Å². The Balaban J connectivity index is 2.08. The van der Waals surface area contributed by atoms with Crippen molar-refractivity contribution in [3.63, 3.8) is 0 Å². The van der Waals surface area contributed by atoms with Crippen LogP contribution in [0.25, 0.3) is 11.2 Å². The summed E-state index contributed by atoms with van der Waals surface area (Å²) in [4.78, 5) is 56.3. The zero-order valence-corrected chi connectivity index (χ0v) is 17.1. The number of esters is 3. The van der Waals surface area contributed by atoms with E-state index < -0.39 is 53.3 Å². The molecule has 0 bridgehead atoms. The molecule has 1 aliphatic rings. The molecule has 0 saturated carbocycles. The van der Waals surface area contributed by atoms with Crippen LogP contribution >= 0.6 is 11.6 Å². The van der Waals surface area contributed by atoms with Crippen LogP contribution in [0, 0.1) is 10.1 Å². The van der Waals surface area contributed by atoms with Gasteiger partial charge < -0.3 is 29.1 Å². The lowest BCUT2D eigenvalue weighted by atomic mass is 10.1. The third-order valence-electron chi connectivity index (χ3n) is 4.14. The Kier molecular flexibility index (Phi) is 6.31. The molecule has 1 saturated heterocycles. The highest BCUT2D eigenvalue weighted by atomic mass is 35.5. The van der Waals surface area contributed by atoms with E-state index in [1.54, 1.807) is 0 Å². The average molecular weight is 458 g/mol. The molecule has 15 heteroatoms. The van der Waals surface area contributed by atoms with Crippen LogP contribution in [0.2, 0.25) is 5.15 Å². The highest BCUT2D eigenvalue weighted by Gasteiger charge is 2.51. The van der Waals surface area contributed by atoms with Gasteiger partial charge in [0.2, 0.25) is 10.8 Å². The summed E-state index contributed by atoms with van der Waals surface area (Å²) in [6.45, 7) is 3.14. The molecular weight excluding hydrogens is 442 g/mol. The number of halogens is 1. The fourth-order valence-electron chi connectivity index (χ4n) is 3.06. The maximum absolute atomic E-state index is 11.7. The molecule has 0 radical (unpaired) electrons. The fourth-order valence-corrected chi connectivity index (χ4v) is 3.26. The quantitative estimate of drug-likeness (QED) is 0.195. The highest BCUT2D eigenvalue weighted by molar-refractivity contribution is 6.33. The lowest BCUT2D eigenvalue weighted by Gasteiger charge is -2.23. The Bertz CT molecular complexity index is 1060. The average Bonchev–Trinajstić information content (AvgIpc) is 3.21. The first kappa shape index (κ1) is 22.3. The molecule has 1 fully saturated rings. The largest absolute Gasteiger partial charge is 0.472 e. The molecule has 31 heavy (non-hydrogen) atoms. The third-order valence-corrected chi connectivity index (χ3v) is 4.41. The first-order valence-corrected chi connectivity index (χ1v) is 9.14. The van der Waals surface area contributed by atoms with Gasteiger partial charge in [0.1, 0.15) is 19.0 Å². The summed E-state index contributed by atoms with van der Waals surface area (Å²) in [6, 6.07) is 0. The van der Waals surface area contributed by atoms with Gasteiger partial charge in [-0.2, -0.15) is 0 Å². The van der Waals surface area contributed by atoms with Crippen molar-refractivity contribution in [2.45, 2.75) is 45.3 Å². The second-order valence-electron chi connectivity index (χ2n) is 6.41. The van der Waals surface area contributed by atoms with Gasteiger partial charge in [-0.05, 0) is 21.5 Å². The van der Waals surface area contributed by atoms with Crippen LogP contribution in [0.4, 0.5) is 5.95 Å². The normalized spacial score (nSPS) is 22.8. The molecule has 14 nitrogen and oxygen atoms in total. The number of aromatic nitrogens is 4. The van der Waals surface area contributed by atoms with Gasteiger partial charge in [0.25, 0.3) is 0 Å². The first-order valence-electron chi connectivity index (χ1n) is 8.76. The monoisotopic (exact) mass is 457 g/mol. The molecule has 0 aliphatic carbocycles. The molecule has 2 aromatic heterocycles. The van der Waals surface area contributed by atoms with Crippen molar-refractivity contribution in [3.05, 3.63) is 21.6 Å². The van der Waals surface area contributed by atoms with E-state index in [0.717, 1.165) is 13.8 Å². The second kappa shape index (κ2) is 8.77. The number of nitro groups is 1. The lowest BCUT2D eigenvalue weighted by Crippen LogP contribution is -2.40. The standard InChI is InChI=1S/C16H16ClN5O9/c1-6(23)28-4-9-11(29-7(2)24)12(30-8(3)25)15(31-9)21-5-18-10-13(17)19-16(22(26)27)20-14(10)21/h5,9,11-12,15H,4H2,1-3H3/t9-,11+,12?,15-/m1/s1. The lowest BCUT2D eigenvalue weighted by molar-refractivity contribution is -0.394. The molecule has 4 atom stereocenters. The van der Waals surface area contributed by atoms with Crippen molar-refractivity contribution in [1.82, 2.24) is 19.5 Å². The Morgan fingerprint density at radius 1 is 1.16 bits per heavy atom. The summed E-state index contributed by atoms with van der Waals surface area (Å²) >= 11 is 5.97. The van der Waals surface area contributed by atoms with Crippen LogP contribution in [0.15, 0.2) is 6.33 Å². The number of imidazole rings is 1. The molecule has 166 valence electrons. The van der Waals surface area contributed by atoms with Gasteiger partial charge in [-0.25, -0.2) is 4.98 Å². The number of carbonyl (C=O) groups is 3. The van der Waals surface area contributed by atoms with E-state index in [2.05, 4.69) is 15.0 Å². The Labute approximate surface area is 178 Å². The Hall–Kier alpha value is -3.39. The van der Waals surface area contributed by atoms with Crippen LogP contribution in [0.5, 0.6) is 0 Å². The van der Waals surface area contributed by atoms with E-state index in [1.165, 1.54) is 17.8 Å². The van der Waals surface area contributed by atoms with Crippen LogP contribution in [-0.2, 0) is 33.3 Å². The van der Waals surface area contributed by atoms with E-state index in [4.69, 9.17) is 30.5 Å². The molecule has 3 rings (SSSR count). The topological polar surface area (TPSA) is 175 Å². The summed E-state index contributed by atoms with van der Waals surface area (Å²) < 4.78 is 22.6. The number of fused-ring (bicyclic) bond motifs is 1. The molecule has 0 amide bonds. The molecule has 1 aliphatic heterocycles. The molecular formula is C16H16ClN5O9. The minimum absolute atomic E-state index is 0.0323.